The van der Waals surface area contributed by atoms with Gasteiger partial charge < -0.3 is 19.8 Å². The highest BCUT2D eigenvalue weighted by molar-refractivity contribution is 8.00. The molecule has 9 nitrogen and oxygen atoms in total. The van der Waals surface area contributed by atoms with E-state index in [-0.39, 0.29) is 64.0 Å². The Morgan fingerprint density at radius 1 is 0.939 bits per heavy atom. The van der Waals surface area contributed by atoms with Crippen molar-refractivity contribution >= 4 is 75.4 Å². The Hall–Kier alpha value is -3.77. The second-order valence-electron chi connectivity index (χ2n) is 12.9. The number of thioether (sulfide) groups is 1. The van der Waals surface area contributed by atoms with Gasteiger partial charge in [0.1, 0.15) is 0 Å². The monoisotopic (exact) mass is 735 g/mol. The number of fused-ring (bicyclic) bond motifs is 9. The summed E-state index contributed by atoms with van der Waals surface area (Å²) < 4.78 is 12.0. The highest BCUT2D eigenvalue weighted by atomic mass is 35.5. The van der Waals surface area contributed by atoms with E-state index in [1.165, 1.54) is 16.2 Å². The number of hydrogen-bond acceptors (Lipinski definition) is 8. The highest BCUT2D eigenvalue weighted by Gasteiger charge is 2.69. The van der Waals surface area contributed by atoms with Gasteiger partial charge in [-0.1, -0.05) is 58.3 Å². The van der Waals surface area contributed by atoms with Crippen LogP contribution >= 0.6 is 46.3 Å². The molecule has 7 atom stereocenters. The van der Waals surface area contributed by atoms with Crippen LogP contribution in [0.25, 0.3) is 0 Å². The number of ether oxygens (including phenoxy) is 2. The molecule has 13 heteroatoms. The Morgan fingerprint density at radius 2 is 1.69 bits per heavy atom. The number of halogens is 2. The summed E-state index contributed by atoms with van der Waals surface area (Å²) in [7, 11) is 0. The van der Waals surface area contributed by atoms with Crippen LogP contribution in [0.3, 0.4) is 0 Å². The summed E-state index contributed by atoms with van der Waals surface area (Å²) in [6.45, 7) is 3.94. The molecule has 4 aromatic rings. The number of carbonyl (C=O) groups excluding carboxylic acids is 3. The number of aryl methyl sites for hydroxylation is 1. The molecule has 49 heavy (non-hydrogen) atoms. The number of rotatable bonds is 8. The van der Waals surface area contributed by atoms with Crippen molar-refractivity contribution in [1.29, 1.82) is 0 Å². The minimum absolute atomic E-state index is 0.0129. The fourth-order valence-electron chi connectivity index (χ4n) is 8.36. The Bertz CT molecular complexity index is 2070. The maximum atomic E-state index is 14.1. The van der Waals surface area contributed by atoms with Crippen LogP contribution in [0.1, 0.15) is 35.3 Å². The number of nitrogens with one attached hydrogen (secondary N) is 2. The lowest BCUT2D eigenvalue weighted by Gasteiger charge is -2.43. The number of amides is 3. The third kappa shape index (κ3) is 5.46. The molecule has 3 aromatic carbocycles. The number of imide groups is 1. The lowest BCUT2D eigenvalue weighted by molar-refractivity contribution is -0.123. The Morgan fingerprint density at radius 3 is 2.43 bits per heavy atom. The zero-order valence-electron chi connectivity index (χ0n) is 26.4. The topological polar surface area (TPSA) is 118 Å². The van der Waals surface area contributed by atoms with E-state index < -0.39 is 5.92 Å². The Balaban J connectivity index is 1.09. The maximum absolute atomic E-state index is 14.1. The first kappa shape index (κ1) is 32.4. The predicted octanol–water partition coefficient (Wildman–Crippen LogP) is 7.15. The number of nitrogens with zero attached hydrogens (tertiary/aromatic N) is 1. The van der Waals surface area contributed by atoms with E-state index in [0.29, 0.717) is 39.5 Å². The number of thiazole rings is 1. The molecular formula is C36H31Cl2N3O6S2. The molecule has 2 aliphatic carbocycles. The van der Waals surface area contributed by atoms with E-state index in [4.69, 9.17) is 32.7 Å². The van der Waals surface area contributed by atoms with Gasteiger partial charge in [-0.2, -0.15) is 0 Å². The molecule has 1 aromatic heterocycles. The molecule has 0 radical (unpaired) electrons. The predicted molar refractivity (Wildman–Crippen MR) is 190 cm³/mol. The summed E-state index contributed by atoms with van der Waals surface area (Å²) in [6, 6.07) is 18.0. The van der Waals surface area contributed by atoms with Crippen molar-refractivity contribution in [3.63, 3.8) is 0 Å². The van der Waals surface area contributed by atoms with Crippen LogP contribution in [0.4, 0.5) is 11.4 Å². The average Bonchev–Trinajstić information content (AvgIpc) is 3.81. The average molecular weight is 737 g/mol. The number of aromatic nitrogens is 1. The molecule has 2 aliphatic heterocycles. The van der Waals surface area contributed by atoms with Crippen molar-refractivity contribution in [2.24, 2.45) is 29.6 Å². The Labute approximate surface area is 300 Å². The number of H-pyrrole nitrogens is 1. The van der Waals surface area contributed by atoms with Crippen molar-refractivity contribution < 1.29 is 23.9 Å². The zero-order valence-corrected chi connectivity index (χ0v) is 29.6. The Kier molecular flexibility index (Phi) is 8.29. The SMILES string of the molecule is CCOc1cc([C@H]2c3sc(=O)[nH]c3SC3C2[C@H]2C[C@@H]3C3C(=O)N(c4ccc(C)cc4)C(=O)C32)ccc1OCC(=O)Nc1ccc(Cl)c(Cl)c1. The summed E-state index contributed by atoms with van der Waals surface area (Å²) in [4.78, 5) is 58.7. The van der Waals surface area contributed by atoms with E-state index in [2.05, 4.69) is 10.3 Å². The van der Waals surface area contributed by atoms with Crippen molar-refractivity contribution in [2.75, 3.05) is 23.4 Å². The third-order valence-corrected chi connectivity index (χ3v) is 13.5. The van der Waals surface area contributed by atoms with E-state index in [1.54, 1.807) is 36.0 Å². The van der Waals surface area contributed by atoms with Crippen LogP contribution in [0, 0.1) is 36.5 Å². The van der Waals surface area contributed by atoms with Gasteiger partial charge in [-0.3, -0.25) is 24.1 Å². The lowest BCUT2D eigenvalue weighted by Crippen LogP contribution is -2.42. The molecule has 3 fully saturated rings. The second kappa shape index (κ2) is 12.5. The molecule has 8 rings (SSSR count). The quantitative estimate of drug-likeness (QED) is 0.185. The minimum Gasteiger partial charge on any atom is -0.490 e. The zero-order chi connectivity index (χ0) is 34.1. The largest absolute Gasteiger partial charge is 0.490 e. The van der Waals surface area contributed by atoms with Crippen molar-refractivity contribution in [2.45, 2.75) is 36.5 Å². The van der Waals surface area contributed by atoms with Gasteiger partial charge in [0.05, 0.1) is 39.2 Å². The van der Waals surface area contributed by atoms with Crippen LogP contribution in [-0.2, 0) is 14.4 Å². The first-order valence-electron chi connectivity index (χ1n) is 16.1. The van der Waals surface area contributed by atoms with Gasteiger partial charge in [0, 0.05) is 21.7 Å². The molecule has 252 valence electrons. The van der Waals surface area contributed by atoms with Crippen LogP contribution in [-0.4, -0.2) is 41.2 Å². The molecule has 3 amide bonds. The highest BCUT2D eigenvalue weighted by Crippen LogP contribution is 2.68. The molecule has 2 N–H and O–H groups in total. The molecular weight excluding hydrogens is 705 g/mol. The second-order valence-corrected chi connectivity index (χ2v) is 15.9. The molecule has 1 saturated heterocycles. The summed E-state index contributed by atoms with van der Waals surface area (Å²) in [5.41, 5.74) is 3.10. The van der Waals surface area contributed by atoms with Crippen LogP contribution in [0.2, 0.25) is 10.0 Å². The lowest BCUT2D eigenvalue weighted by atomic mass is 9.68. The number of anilines is 2. The van der Waals surface area contributed by atoms with Crippen LogP contribution in [0.15, 0.2) is 70.5 Å². The molecule has 3 heterocycles. The summed E-state index contributed by atoms with van der Waals surface area (Å²) in [5, 5.41) is 4.35. The number of carbonyl (C=O) groups is 3. The van der Waals surface area contributed by atoms with Crippen molar-refractivity contribution in [3.05, 3.63) is 96.4 Å². The van der Waals surface area contributed by atoms with Gasteiger partial charge in [0.25, 0.3) is 5.91 Å². The van der Waals surface area contributed by atoms with E-state index in [9.17, 15) is 19.2 Å². The van der Waals surface area contributed by atoms with Gasteiger partial charge in [0.15, 0.2) is 18.1 Å². The number of aromatic amines is 1. The first-order valence-corrected chi connectivity index (χ1v) is 18.6. The molecule has 2 bridgehead atoms. The third-order valence-electron chi connectivity index (χ3n) is 10.2. The van der Waals surface area contributed by atoms with Crippen LogP contribution in [0.5, 0.6) is 11.5 Å². The van der Waals surface area contributed by atoms with Crippen LogP contribution < -0.4 is 24.6 Å². The van der Waals surface area contributed by atoms with Gasteiger partial charge in [-0.05, 0) is 86.1 Å². The van der Waals surface area contributed by atoms with E-state index in [1.807, 2.05) is 50.2 Å². The first-order chi connectivity index (χ1) is 23.6. The van der Waals surface area contributed by atoms with Gasteiger partial charge >= 0.3 is 4.87 Å². The minimum atomic E-state index is -0.400. The van der Waals surface area contributed by atoms with Gasteiger partial charge in [-0.25, -0.2) is 0 Å². The molecule has 4 aliphatic rings. The van der Waals surface area contributed by atoms with Gasteiger partial charge in [-0.15, -0.1) is 11.8 Å². The number of benzene rings is 3. The number of hydrogen-bond donors (Lipinski definition) is 2. The van der Waals surface area contributed by atoms with E-state index >= 15 is 0 Å². The fraction of sp³-hybridized carbons (Fsp3) is 0.333. The van der Waals surface area contributed by atoms with Crippen molar-refractivity contribution in [3.8, 4) is 11.5 Å². The molecule has 2 saturated carbocycles. The summed E-state index contributed by atoms with van der Waals surface area (Å²) >= 11 is 14.9. The van der Waals surface area contributed by atoms with E-state index in [0.717, 1.165) is 27.5 Å². The summed E-state index contributed by atoms with van der Waals surface area (Å²) in [5.74, 6) is -0.691. The normalized spacial score (nSPS) is 26.4. The molecule has 0 spiro atoms. The van der Waals surface area contributed by atoms with Gasteiger partial charge in [0.2, 0.25) is 11.8 Å². The summed E-state index contributed by atoms with van der Waals surface area (Å²) in [6.07, 6.45) is 0.792. The smallest absolute Gasteiger partial charge is 0.305 e. The standard InChI is InChI=1S/C36H31Cl2N3O6S2/c1-3-46-25-12-17(6-11-24(25)47-15-26(42)39-18-7-10-22(37)23(38)13-18)27-28-20-14-21(31(28)48-33-32(27)49-36(45)40-33)30-29(20)34(43)41(35(30)44)19-8-4-16(2)5-9-19/h4-13,20-21,27-31H,3,14-15H2,1-2H3,(H,39,42)(H,40,45)/t20-,21-,27-,28?,29?,30?,31?/m1/s1. The molecule has 4 unspecified atom stereocenters. The van der Waals surface area contributed by atoms with Crippen molar-refractivity contribution in [1.82, 2.24) is 4.98 Å². The fourth-order valence-corrected chi connectivity index (χ4v) is 11.5. The maximum Gasteiger partial charge on any atom is 0.305 e.